The van der Waals surface area contributed by atoms with E-state index in [9.17, 15) is 5.11 Å². The summed E-state index contributed by atoms with van der Waals surface area (Å²) in [6.45, 7) is 12.5. The number of aliphatic hydroxyl groups is 1. The van der Waals surface area contributed by atoms with E-state index < -0.39 is 0 Å². The van der Waals surface area contributed by atoms with E-state index >= 15 is 0 Å². The molecule has 0 bridgehead atoms. The largest absolute Gasteiger partial charge is 0.396 e. The highest BCUT2D eigenvalue weighted by Crippen LogP contribution is 2.31. The quantitative estimate of drug-likeness (QED) is 0.477. The molecular weight excluding hydrogens is 416 g/mol. The van der Waals surface area contributed by atoms with E-state index in [1.54, 1.807) is 6.20 Å². The van der Waals surface area contributed by atoms with Crippen LogP contribution in [0.1, 0.15) is 53.0 Å². The molecule has 1 fully saturated rings. The minimum atomic E-state index is 0.152. The van der Waals surface area contributed by atoms with E-state index in [1.807, 2.05) is 12.3 Å². The van der Waals surface area contributed by atoms with Crippen LogP contribution in [0.2, 0.25) is 0 Å². The fraction of sp³-hybridized carbons (Fsp3) is 0.583. The molecule has 0 saturated carbocycles. The number of aliphatic hydroxyl groups excluding tert-OH is 1. The lowest BCUT2D eigenvalue weighted by molar-refractivity contribution is 0.288. The molecule has 9 heteroatoms. The van der Waals surface area contributed by atoms with Crippen molar-refractivity contribution in [2.45, 2.75) is 53.0 Å². The fourth-order valence-electron chi connectivity index (χ4n) is 4.32. The monoisotopic (exact) mass is 452 g/mol. The van der Waals surface area contributed by atoms with Gasteiger partial charge in [0.1, 0.15) is 11.6 Å². The van der Waals surface area contributed by atoms with Crippen LogP contribution in [0.15, 0.2) is 24.5 Å². The van der Waals surface area contributed by atoms with Gasteiger partial charge in [0.05, 0.1) is 10.9 Å². The standard InChI is InChI=1S/C24H36N8O/c1-17(2)16-31(12-7-13-33)24-25-9-8-21(28-24)27-22-14-20-19(15-26-22)23(29-32(20)18(3)4)30-10-5-6-11-30/h8-9,14-15,17-18,33H,5-7,10-13,16H2,1-4H3,(H,25,26,27,28). The molecule has 0 amide bonds. The Morgan fingerprint density at radius 2 is 1.91 bits per heavy atom. The van der Waals surface area contributed by atoms with Crippen molar-refractivity contribution in [1.29, 1.82) is 0 Å². The van der Waals surface area contributed by atoms with Gasteiger partial charge in [-0.2, -0.15) is 10.1 Å². The Balaban J connectivity index is 1.61. The second-order valence-electron chi connectivity index (χ2n) is 9.43. The van der Waals surface area contributed by atoms with Gasteiger partial charge in [-0.05, 0) is 45.1 Å². The highest BCUT2D eigenvalue weighted by molar-refractivity contribution is 5.92. The van der Waals surface area contributed by atoms with Gasteiger partial charge in [-0.15, -0.1) is 0 Å². The first-order valence-corrected chi connectivity index (χ1v) is 12.1. The molecule has 178 valence electrons. The van der Waals surface area contributed by atoms with E-state index in [2.05, 4.69) is 63.5 Å². The number of anilines is 4. The third kappa shape index (κ3) is 5.35. The smallest absolute Gasteiger partial charge is 0.227 e. The molecule has 0 radical (unpaired) electrons. The van der Waals surface area contributed by atoms with Crippen LogP contribution >= 0.6 is 0 Å². The molecule has 4 rings (SSSR count). The molecule has 3 aromatic heterocycles. The summed E-state index contributed by atoms with van der Waals surface area (Å²) < 4.78 is 2.08. The maximum atomic E-state index is 9.27. The van der Waals surface area contributed by atoms with E-state index in [-0.39, 0.29) is 12.6 Å². The van der Waals surface area contributed by atoms with E-state index in [0.717, 1.165) is 48.7 Å². The highest BCUT2D eigenvalue weighted by atomic mass is 16.3. The van der Waals surface area contributed by atoms with Crippen LogP contribution in [-0.2, 0) is 0 Å². The van der Waals surface area contributed by atoms with Crippen molar-refractivity contribution in [2.75, 3.05) is 47.9 Å². The molecule has 1 aliphatic rings. The lowest BCUT2D eigenvalue weighted by atomic mass is 10.2. The van der Waals surface area contributed by atoms with Gasteiger partial charge in [-0.25, -0.2) is 9.97 Å². The summed E-state index contributed by atoms with van der Waals surface area (Å²) in [5.74, 6) is 3.58. The van der Waals surface area contributed by atoms with Crippen molar-refractivity contribution in [3.63, 3.8) is 0 Å². The summed E-state index contributed by atoms with van der Waals surface area (Å²) in [7, 11) is 0. The average Bonchev–Trinajstić information content (AvgIpc) is 3.44. The molecule has 1 aliphatic heterocycles. The molecule has 33 heavy (non-hydrogen) atoms. The van der Waals surface area contributed by atoms with Crippen molar-refractivity contribution >= 4 is 34.3 Å². The van der Waals surface area contributed by atoms with Gasteiger partial charge in [-0.3, -0.25) is 4.68 Å². The Hall–Kier alpha value is -2.94. The molecular formula is C24H36N8O. The predicted molar refractivity (Wildman–Crippen MR) is 133 cm³/mol. The topological polar surface area (TPSA) is 95.2 Å². The first kappa shape index (κ1) is 23.2. The van der Waals surface area contributed by atoms with Crippen LogP contribution in [0.25, 0.3) is 10.9 Å². The van der Waals surface area contributed by atoms with Gasteiger partial charge in [0.2, 0.25) is 5.95 Å². The Kier molecular flexibility index (Phi) is 7.27. The molecule has 0 spiro atoms. The van der Waals surface area contributed by atoms with Crippen LogP contribution in [0.4, 0.5) is 23.4 Å². The van der Waals surface area contributed by atoms with Gasteiger partial charge in [0.25, 0.3) is 0 Å². The molecule has 4 heterocycles. The Labute approximate surface area is 195 Å². The Morgan fingerprint density at radius 3 is 2.61 bits per heavy atom. The Morgan fingerprint density at radius 1 is 1.12 bits per heavy atom. The van der Waals surface area contributed by atoms with Gasteiger partial charge < -0.3 is 20.2 Å². The molecule has 0 aromatic carbocycles. The van der Waals surface area contributed by atoms with Crippen LogP contribution in [-0.4, -0.2) is 62.6 Å². The molecule has 3 aromatic rings. The van der Waals surface area contributed by atoms with Gasteiger partial charge in [-0.1, -0.05) is 13.8 Å². The highest BCUT2D eigenvalue weighted by Gasteiger charge is 2.21. The molecule has 2 N–H and O–H groups in total. The summed E-state index contributed by atoms with van der Waals surface area (Å²) in [5.41, 5.74) is 1.07. The molecule has 1 saturated heterocycles. The Bertz CT molecular complexity index is 1060. The van der Waals surface area contributed by atoms with Crippen molar-refractivity contribution < 1.29 is 5.11 Å². The zero-order valence-electron chi connectivity index (χ0n) is 20.2. The second-order valence-corrected chi connectivity index (χ2v) is 9.43. The van der Waals surface area contributed by atoms with Crippen LogP contribution in [0.3, 0.4) is 0 Å². The molecule has 0 atom stereocenters. The summed E-state index contributed by atoms with van der Waals surface area (Å²) >= 11 is 0. The minimum absolute atomic E-state index is 0.152. The van der Waals surface area contributed by atoms with Gasteiger partial charge in [0.15, 0.2) is 5.82 Å². The fourth-order valence-corrected chi connectivity index (χ4v) is 4.32. The lowest BCUT2D eigenvalue weighted by Crippen LogP contribution is -2.31. The third-order valence-electron chi connectivity index (χ3n) is 5.82. The van der Waals surface area contributed by atoms with E-state index in [1.165, 1.54) is 12.8 Å². The third-order valence-corrected chi connectivity index (χ3v) is 5.82. The first-order chi connectivity index (χ1) is 16.0. The number of nitrogens with zero attached hydrogens (tertiary/aromatic N) is 7. The number of aromatic nitrogens is 5. The lowest BCUT2D eigenvalue weighted by Gasteiger charge is -2.24. The van der Waals surface area contributed by atoms with Crippen molar-refractivity contribution in [3.05, 3.63) is 24.5 Å². The number of hydrogen-bond donors (Lipinski definition) is 2. The maximum absolute atomic E-state index is 9.27. The number of rotatable bonds is 10. The van der Waals surface area contributed by atoms with Crippen LogP contribution < -0.4 is 15.1 Å². The maximum Gasteiger partial charge on any atom is 0.227 e. The average molecular weight is 453 g/mol. The minimum Gasteiger partial charge on any atom is -0.396 e. The van der Waals surface area contributed by atoms with Gasteiger partial charge in [0, 0.05) is 57.3 Å². The number of nitrogens with one attached hydrogen (secondary N) is 1. The predicted octanol–water partition coefficient (Wildman–Crippen LogP) is 3.99. The van der Waals surface area contributed by atoms with E-state index in [4.69, 9.17) is 10.1 Å². The first-order valence-electron chi connectivity index (χ1n) is 12.1. The van der Waals surface area contributed by atoms with E-state index in [0.29, 0.717) is 24.1 Å². The second kappa shape index (κ2) is 10.3. The SMILES string of the molecule is CC(C)CN(CCCO)c1nccc(Nc2cc3c(cn2)c(N2CCCC2)nn3C(C)C)n1. The number of pyridine rings is 1. The summed E-state index contributed by atoms with van der Waals surface area (Å²) in [4.78, 5) is 18.4. The summed E-state index contributed by atoms with van der Waals surface area (Å²) in [5, 5.41) is 18.6. The summed E-state index contributed by atoms with van der Waals surface area (Å²) in [6, 6.07) is 4.16. The summed E-state index contributed by atoms with van der Waals surface area (Å²) in [6.07, 6.45) is 6.80. The normalized spacial score (nSPS) is 14.1. The zero-order chi connectivity index (χ0) is 23.4. The molecule has 0 unspecified atom stereocenters. The van der Waals surface area contributed by atoms with Crippen LogP contribution in [0.5, 0.6) is 0 Å². The van der Waals surface area contributed by atoms with Crippen molar-refractivity contribution in [2.24, 2.45) is 5.92 Å². The number of hydrogen-bond acceptors (Lipinski definition) is 8. The molecule has 9 nitrogen and oxygen atoms in total. The number of fused-ring (bicyclic) bond motifs is 1. The van der Waals surface area contributed by atoms with Gasteiger partial charge >= 0.3 is 0 Å². The molecule has 0 aliphatic carbocycles. The van der Waals surface area contributed by atoms with Crippen molar-refractivity contribution in [1.82, 2.24) is 24.7 Å². The zero-order valence-corrected chi connectivity index (χ0v) is 20.2. The van der Waals surface area contributed by atoms with Crippen LogP contribution in [0, 0.1) is 5.92 Å². The van der Waals surface area contributed by atoms with Crippen molar-refractivity contribution in [3.8, 4) is 0 Å².